The number of para-hydroxylation sites is 1. The van der Waals surface area contributed by atoms with E-state index in [1.54, 1.807) is 0 Å². The third-order valence-electron chi connectivity index (χ3n) is 2.22. The molecule has 0 aliphatic rings. The molecule has 2 rings (SSSR count). The van der Waals surface area contributed by atoms with Gasteiger partial charge in [-0.2, -0.15) is 0 Å². The minimum Gasteiger partial charge on any atom is -0.358 e. The second-order valence-electron chi connectivity index (χ2n) is 2.92. The molecule has 2 aromatic rings. The zero-order chi connectivity index (χ0) is 11.8. The lowest BCUT2D eigenvalue weighted by molar-refractivity contribution is 1.25. The van der Waals surface area contributed by atoms with Crippen LogP contribution in [0.25, 0.3) is 10.9 Å². The summed E-state index contributed by atoms with van der Waals surface area (Å²) in [5.41, 5.74) is 3.87. The van der Waals surface area contributed by atoms with Crippen LogP contribution in [0.4, 0.5) is 0 Å². The number of hydrogen-bond donors (Lipinski definition) is 1. The predicted molar refractivity (Wildman–Crippen MR) is 70.5 cm³/mol. The van der Waals surface area contributed by atoms with E-state index in [0.717, 1.165) is 0 Å². The van der Waals surface area contributed by atoms with Crippen molar-refractivity contribution >= 4 is 10.9 Å². The van der Waals surface area contributed by atoms with Crippen LogP contribution in [0.5, 0.6) is 0 Å². The highest BCUT2D eigenvalue weighted by Gasteiger charge is 2.00. The lowest BCUT2D eigenvalue weighted by Crippen LogP contribution is -1.70. The van der Waals surface area contributed by atoms with Crippen molar-refractivity contribution in [2.75, 3.05) is 0 Å². The first kappa shape index (κ1) is 13.8. The number of aryl methyl sites for hydroxylation is 2. The van der Waals surface area contributed by atoms with Gasteiger partial charge in [-0.15, -0.1) is 0 Å². The van der Waals surface area contributed by atoms with Crippen molar-refractivity contribution in [1.29, 1.82) is 0 Å². The van der Waals surface area contributed by atoms with Crippen molar-refractivity contribution in [1.82, 2.24) is 4.98 Å². The fourth-order valence-corrected chi connectivity index (χ4v) is 1.42. The third kappa shape index (κ3) is 3.12. The Balaban J connectivity index is 0.000000442. The Morgan fingerprint density at radius 2 is 1.40 bits per heavy atom. The van der Waals surface area contributed by atoms with E-state index < -0.39 is 0 Å². The molecule has 0 aliphatic carbocycles. The van der Waals surface area contributed by atoms with Crippen LogP contribution in [0.1, 0.15) is 39.0 Å². The molecule has 1 N–H and O–H groups in total. The standard InChI is InChI=1S/C10H11N.2C2H6/c1-7-8(2)11-10-6-4-3-5-9(7)10;2*1-2/h3-6,11H,1-2H3;2*1-2H3. The first-order chi connectivity index (χ1) is 7.29. The minimum absolute atomic E-state index is 1.24. The molecule has 0 bridgehead atoms. The molecule has 0 aliphatic heterocycles. The fraction of sp³-hybridized carbons (Fsp3) is 0.429. The number of fused-ring (bicyclic) bond motifs is 1. The number of aromatic nitrogens is 1. The van der Waals surface area contributed by atoms with E-state index in [-0.39, 0.29) is 0 Å². The molecule has 1 aromatic heterocycles. The second kappa shape index (κ2) is 7.10. The predicted octanol–water partition coefficient (Wildman–Crippen LogP) is 4.84. The highest BCUT2D eigenvalue weighted by molar-refractivity contribution is 5.84. The highest BCUT2D eigenvalue weighted by atomic mass is 14.7. The van der Waals surface area contributed by atoms with Crippen molar-refractivity contribution in [3.8, 4) is 0 Å². The van der Waals surface area contributed by atoms with Gasteiger partial charge >= 0.3 is 0 Å². The van der Waals surface area contributed by atoms with Crippen LogP contribution in [0.3, 0.4) is 0 Å². The molecule has 0 spiro atoms. The van der Waals surface area contributed by atoms with Gasteiger partial charge in [0.2, 0.25) is 0 Å². The van der Waals surface area contributed by atoms with E-state index in [4.69, 9.17) is 0 Å². The number of hydrogen-bond acceptors (Lipinski definition) is 0. The number of nitrogens with one attached hydrogen (secondary N) is 1. The number of aromatic amines is 1. The van der Waals surface area contributed by atoms with Crippen LogP contribution in [-0.2, 0) is 0 Å². The van der Waals surface area contributed by atoms with Gasteiger partial charge in [0.25, 0.3) is 0 Å². The number of rotatable bonds is 0. The van der Waals surface area contributed by atoms with Gasteiger partial charge in [0, 0.05) is 16.6 Å². The number of benzene rings is 1. The van der Waals surface area contributed by atoms with Crippen LogP contribution in [0.2, 0.25) is 0 Å². The van der Waals surface area contributed by atoms with Gasteiger partial charge in [-0.05, 0) is 25.5 Å². The summed E-state index contributed by atoms with van der Waals surface area (Å²) in [6, 6.07) is 8.38. The molecule has 1 heterocycles. The van der Waals surface area contributed by atoms with Gasteiger partial charge in [-0.25, -0.2) is 0 Å². The molecule has 0 atom stereocenters. The summed E-state index contributed by atoms with van der Waals surface area (Å²) in [6.07, 6.45) is 0. The van der Waals surface area contributed by atoms with Crippen LogP contribution < -0.4 is 0 Å². The Labute approximate surface area is 93.5 Å². The van der Waals surface area contributed by atoms with Crippen molar-refractivity contribution in [2.45, 2.75) is 41.5 Å². The first-order valence-corrected chi connectivity index (χ1v) is 5.83. The molecule has 0 amide bonds. The largest absolute Gasteiger partial charge is 0.358 e. The summed E-state index contributed by atoms with van der Waals surface area (Å²) in [4.78, 5) is 3.33. The van der Waals surface area contributed by atoms with Gasteiger partial charge in [0.1, 0.15) is 0 Å². The summed E-state index contributed by atoms with van der Waals surface area (Å²) < 4.78 is 0. The minimum atomic E-state index is 1.24. The van der Waals surface area contributed by atoms with Gasteiger partial charge < -0.3 is 4.98 Å². The molecule has 0 radical (unpaired) electrons. The molecule has 0 unspecified atom stereocenters. The summed E-state index contributed by atoms with van der Waals surface area (Å²) >= 11 is 0. The molecule has 0 fully saturated rings. The summed E-state index contributed by atoms with van der Waals surface area (Å²) in [5.74, 6) is 0. The van der Waals surface area contributed by atoms with Crippen LogP contribution >= 0.6 is 0 Å². The maximum atomic E-state index is 3.33. The quantitative estimate of drug-likeness (QED) is 0.633. The molecule has 84 valence electrons. The van der Waals surface area contributed by atoms with Crippen LogP contribution in [0, 0.1) is 13.8 Å². The van der Waals surface area contributed by atoms with E-state index in [0.29, 0.717) is 0 Å². The van der Waals surface area contributed by atoms with E-state index in [2.05, 4.69) is 43.1 Å². The van der Waals surface area contributed by atoms with Crippen molar-refractivity contribution in [3.63, 3.8) is 0 Å². The molecule has 1 heteroatoms. The van der Waals surface area contributed by atoms with Gasteiger partial charge in [0.05, 0.1) is 0 Å². The highest BCUT2D eigenvalue weighted by Crippen LogP contribution is 2.19. The van der Waals surface area contributed by atoms with Gasteiger partial charge in [-0.3, -0.25) is 0 Å². The summed E-state index contributed by atoms with van der Waals surface area (Å²) in [7, 11) is 0. The SMILES string of the molecule is CC.CC.Cc1[nH]c2ccccc2c1C. The Kier molecular flexibility index (Phi) is 6.52. The van der Waals surface area contributed by atoms with E-state index in [1.807, 2.05) is 27.7 Å². The average molecular weight is 205 g/mol. The molecule has 1 nitrogen and oxygen atoms in total. The van der Waals surface area contributed by atoms with Crippen LogP contribution in [-0.4, -0.2) is 4.98 Å². The Hall–Kier alpha value is -1.24. The van der Waals surface area contributed by atoms with Crippen molar-refractivity contribution < 1.29 is 0 Å². The Morgan fingerprint density at radius 3 is 1.93 bits per heavy atom. The normalized spacial score (nSPS) is 8.67. The topological polar surface area (TPSA) is 15.8 Å². The summed E-state index contributed by atoms with van der Waals surface area (Å²) in [6.45, 7) is 12.3. The smallest absolute Gasteiger partial charge is 0.0458 e. The zero-order valence-electron chi connectivity index (χ0n) is 10.8. The Morgan fingerprint density at radius 1 is 0.867 bits per heavy atom. The second-order valence-corrected chi connectivity index (χ2v) is 2.92. The lowest BCUT2D eigenvalue weighted by atomic mass is 10.2. The van der Waals surface area contributed by atoms with E-state index in [9.17, 15) is 0 Å². The molecule has 0 saturated carbocycles. The van der Waals surface area contributed by atoms with E-state index >= 15 is 0 Å². The van der Waals surface area contributed by atoms with E-state index in [1.165, 1.54) is 22.2 Å². The van der Waals surface area contributed by atoms with Crippen LogP contribution in [0.15, 0.2) is 24.3 Å². The fourth-order valence-electron chi connectivity index (χ4n) is 1.42. The maximum Gasteiger partial charge on any atom is 0.0458 e. The number of H-pyrrole nitrogens is 1. The zero-order valence-corrected chi connectivity index (χ0v) is 10.8. The maximum absolute atomic E-state index is 3.33. The lowest BCUT2D eigenvalue weighted by Gasteiger charge is -1.87. The molecular weight excluding hydrogens is 182 g/mol. The summed E-state index contributed by atoms with van der Waals surface area (Å²) in [5, 5.41) is 1.34. The molecule has 15 heavy (non-hydrogen) atoms. The third-order valence-corrected chi connectivity index (χ3v) is 2.22. The Bertz CT molecular complexity index is 385. The van der Waals surface area contributed by atoms with Gasteiger partial charge in [-0.1, -0.05) is 45.9 Å². The monoisotopic (exact) mass is 205 g/mol. The van der Waals surface area contributed by atoms with Crippen molar-refractivity contribution in [2.24, 2.45) is 0 Å². The molecule has 1 aromatic carbocycles. The molecular formula is C14H23N. The van der Waals surface area contributed by atoms with Crippen molar-refractivity contribution in [3.05, 3.63) is 35.5 Å². The molecule has 0 saturated heterocycles. The first-order valence-electron chi connectivity index (χ1n) is 5.83. The average Bonchev–Trinajstić information content (AvgIpc) is 2.61. The van der Waals surface area contributed by atoms with Gasteiger partial charge in [0.15, 0.2) is 0 Å².